The first kappa shape index (κ1) is 13.2. The average Bonchev–Trinajstić information content (AvgIpc) is 2.57. The molecule has 0 bridgehead atoms. The lowest BCUT2D eigenvalue weighted by atomic mass is 10.2. The van der Waals surface area contributed by atoms with Gasteiger partial charge in [0.2, 0.25) is 0 Å². The Hall–Kier alpha value is -0.210. The number of hydrogen-bond donors (Lipinski definition) is 1. The van der Waals surface area contributed by atoms with E-state index in [4.69, 9.17) is 4.74 Å². The van der Waals surface area contributed by atoms with Gasteiger partial charge in [-0.25, -0.2) is 0 Å². The van der Waals surface area contributed by atoms with E-state index in [1.807, 2.05) is 6.92 Å². The van der Waals surface area contributed by atoms with Crippen LogP contribution in [0.2, 0.25) is 0 Å². The molecule has 2 aliphatic heterocycles. The fourth-order valence-electron chi connectivity index (χ4n) is 2.44. The van der Waals surface area contributed by atoms with Gasteiger partial charge in [0, 0.05) is 39.3 Å². The molecule has 7 heteroatoms. The molecular weight excluding hydrogens is 242 g/mol. The maximum Gasteiger partial charge on any atom is 0.279 e. The second-order valence-corrected chi connectivity index (χ2v) is 7.01. The van der Waals surface area contributed by atoms with E-state index >= 15 is 0 Å². The molecule has 6 nitrogen and oxygen atoms in total. The van der Waals surface area contributed by atoms with Crippen molar-refractivity contribution in [3.63, 3.8) is 0 Å². The minimum absolute atomic E-state index is 0.00120. The zero-order chi connectivity index (χ0) is 12.6. The highest BCUT2D eigenvalue weighted by atomic mass is 32.2. The van der Waals surface area contributed by atoms with E-state index in [1.54, 1.807) is 0 Å². The molecule has 0 aromatic heterocycles. The second-order valence-electron chi connectivity index (χ2n) is 5.09. The Kier molecular flexibility index (Phi) is 3.74. The van der Waals surface area contributed by atoms with Crippen LogP contribution in [-0.4, -0.2) is 69.6 Å². The van der Waals surface area contributed by atoms with Gasteiger partial charge in [0.15, 0.2) is 0 Å². The van der Waals surface area contributed by atoms with Crippen LogP contribution in [-0.2, 0) is 14.9 Å². The minimum atomic E-state index is -3.32. The quantitative estimate of drug-likeness (QED) is 0.727. The van der Waals surface area contributed by atoms with Gasteiger partial charge < -0.3 is 4.74 Å². The molecule has 17 heavy (non-hydrogen) atoms. The third-order valence-electron chi connectivity index (χ3n) is 3.39. The Morgan fingerprint density at radius 1 is 1.35 bits per heavy atom. The number of nitrogens with zero attached hydrogens (tertiary/aromatic N) is 2. The maximum atomic E-state index is 11.7. The van der Waals surface area contributed by atoms with E-state index < -0.39 is 10.2 Å². The molecule has 0 amide bonds. The molecule has 2 aliphatic rings. The van der Waals surface area contributed by atoms with Crippen LogP contribution in [0.4, 0.5) is 0 Å². The predicted octanol–water partition coefficient (Wildman–Crippen LogP) is -0.756. The summed E-state index contributed by atoms with van der Waals surface area (Å²) in [6, 6.07) is 0.363. The molecular formula is C10H21N3O3S. The highest BCUT2D eigenvalue weighted by molar-refractivity contribution is 7.87. The normalized spacial score (nSPS) is 35.2. The Morgan fingerprint density at radius 3 is 2.71 bits per heavy atom. The van der Waals surface area contributed by atoms with Crippen LogP contribution in [0, 0.1) is 0 Å². The molecule has 100 valence electrons. The standard InChI is InChI=1S/C10H21N3O3S/c1-8-5-13-6-9(4-10(13)7-16-8)11-17(14,15)12(2)3/h8-11H,4-7H2,1-3H3/t8-,9-,10-/m0/s1. The lowest BCUT2D eigenvalue weighted by Crippen LogP contribution is -2.46. The van der Waals surface area contributed by atoms with Crippen molar-refractivity contribution in [3.8, 4) is 0 Å². The number of hydrogen-bond acceptors (Lipinski definition) is 4. The summed E-state index contributed by atoms with van der Waals surface area (Å²) < 4.78 is 33.0. The van der Waals surface area contributed by atoms with Gasteiger partial charge >= 0.3 is 0 Å². The molecule has 0 spiro atoms. The zero-order valence-corrected chi connectivity index (χ0v) is 11.4. The molecule has 2 rings (SSSR count). The first-order chi connectivity index (χ1) is 7.88. The third kappa shape index (κ3) is 2.97. The van der Waals surface area contributed by atoms with Gasteiger partial charge in [-0.3, -0.25) is 4.90 Å². The Balaban J connectivity index is 1.94. The summed E-state index contributed by atoms with van der Waals surface area (Å²) in [5, 5.41) is 0. The Bertz CT molecular complexity index is 371. The SMILES string of the molecule is C[C@H]1CN2C[C@@H](NS(=O)(=O)N(C)C)C[C@H]2CO1. The minimum Gasteiger partial charge on any atom is -0.376 e. The van der Waals surface area contributed by atoms with Crippen molar-refractivity contribution in [2.24, 2.45) is 0 Å². The zero-order valence-electron chi connectivity index (χ0n) is 10.6. The lowest BCUT2D eigenvalue weighted by molar-refractivity contribution is -0.0390. The lowest BCUT2D eigenvalue weighted by Gasteiger charge is -2.33. The molecule has 0 radical (unpaired) electrons. The van der Waals surface area contributed by atoms with Gasteiger partial charge in [-0.1, -0.05) is 0 Å². The van der Waals surface area contributed by atoms with Gasteiger partial charge in [0.05, 0.1) is 12.7 Å². The molecule has 0 unspecified atom stereocenters. The average molecular weight is 263 g/mol. The van der Waals surface area contributed by atoms with E-state index in [9.17, 15) is 8.42 Å². The smallest absolute Gasteiger partial charge is 0.279 e. The van der Waals surface area contributed by atoms with Crippen LogP contribution in [0.25, 0.3) is 0 Å². The van der Waals surface area contributed by atoms with Crippen LogP contribution < -0.4 is 4.72 Å². The highest BCUT2D eigenvalue weighted by Crippen LogP contribution is 2.23. The summed E-state index contributed by atoms with van der Waals surface area (Å²) >= 11 is 0. The number of morpholine rings is 1. The first-order valence-corrected chi connectivity index (χ1v) is 7.38. The number of nitrogens with one attached hydrogen (secondary N) is 1. The van der Waals surface area contributed by atoms with Crippen LogP contribution in [0.1, 0.15) is 13.3 Å². The van der Waals surface area contributed by atoms with E-state index in [1.165, 1.54) is 18.4 Å². The first-order valence-electron chi connectivity index (χ1n) is 5.94. The molecule has 1 N–H and O–H groups in total. The Morgan fingerprint density at radius 2 is 2.06 bits per heavy atom. The molecule has 2 fully saturated rings. The summed E-state index contributed by atoms with van der Waals surface area (Å²) in [7, 11) is -0.247. The van der Waals surface area contributed by atoms with Gasteiger partial charge in [-0.2, -0.15) is 17.4 Å². The number of rotatable bonds is 3. The van der Waals surface area contributed by atoms with Gasteiger partial charge in [-0.05, 0) is 13.3 Å². The largest absolute Gasteiger partial charge is 0.376 e. The summed E-state index contributed by atoms with van der Waals surface area (Å²) in [5.41, 5.74) is 0. The summed E-state index contributed by atoms with van der Waals surface area (Å²) in [5.74, 6) is 0. The van der Waals surface area contributed by atoms with Gasteiger partial charge in [0.25, 0.3) is 10.2 Å². The maximum absolute atomic E-state index is 11.7. The molecule has 2 saturated heterocycles. The monoisotopic (exact) mass is 263 g/mol. The molecule has 3 atom stereocenters. The number of ether oxygens (including phenoxy) is 1. The van der Waals surface area contributed by atoms with Crippen molar-refractivity contribution < 1.29 is 13.2 Å². The van der Waals surface area contributed by atoms with Crippen molar-refractivity contribution in [1.29, 1.82) is 0 Å². The Labute approximate surface area is 103 Å². The molecule has 0 aliphatic carbocycles. The van der Waals surface area contributed by atoms with E-state index in [0.29, 0.717) is 12.6 Å². The molecule has 0 aromatic carbocycles. The summed E-state index contributed by atoms with van der Waals surface area (Å²) in [6.45, 7) is 4.44. The van der Waals surface area contributed by atoms with Crippen molar-refractivity contribution in [1.82, 2.24) is 13.9 Å². The van der Waals surface area contributed by atoms with Gasteiger partial charge in [0.1, 0.15) is 0 Å². The van der Waals surface area contributed by atoms with Crippen molar-refractivity contribution in [2.45, 2.75) is 31.5 Å². The van der Waals surface area contributed by atoms with Crippen molar-refractivity contribution in [2.75, 3.05) is 33.8 Å². The summed E-state index contributed by atoms with van der Waals surface area (Å²) in [4.78, 5) is 2.32. The van der Waals surface area contributed by atoms with E-state index in [0.717, 1.165) is 19.5 Å². The topological polar surface area (TPSA) is 61.9 Å². The third-order valence-corrected chi connectivity index (χ3v) is 4.98. The van der Waals surface area contributed by atoms with E-state index in [2.05, 4.69) is 9.62 Å². The predicted molar refractivity (Wildman–Crippen MR) is 64.9 cm³/mol. The second kappa shape index (κ2) is 4.81. The van der Waals surface area contributed by atoms with Crippen LogP contribution in [0.3, 0.4) is 0 Å². The summed E-state index contributed by atoms with van der Waals surface area (Å²) in [6.07, 6.45) is 1.08. The molecule has 0 aromatic rings. The van der Waals surface area contributed by atoms with Crippen molar-refractivity contribution in [3.05, 3.63) is 0 Å². The molecule has 2 heterocycles. The van der Waals surface area contributed by atoms with Gasteiger partial charge in [-0.15, -0.1) is 0 Å². The number of fused-ring (bicyclic) bond motifs is 1. The highest BCUT2D eigenvalue weighted by Gasteiger charge is 2.37. The van der Waals surface area contributed by atoms with Crippen molar-refractivity contribution >= 4 is 10.2 Å². The van der Waals surface area contributed by atoms with Crippen LogP contribution in [0.15, 0.2) is 0 Å². The molecule has 0 saturated carbocycles. The van der Waals surface area contributed by atoms with Crippen LogP contribution in [0.5, 0.6) is 0 Å². The van der Waals surface area contributed by atoms with E-state index in [-0.39, 0.29) is 12.1 Å². The fraction of sp³-hybridized carbons (Fsp3) is 1.00. The van der Waals surface area contributed by atoms with Crippen LogP contribution >= 0.6 is 0 Å². The fourth-order valence-corrected chi connectivity index (χ4v) is 3.24.